The number of aliphatic hydroxyl groups excluding tert-OH is 1. The van der Waals surface area contributed by atoms with Gasteiger partial charge in [-0.1, -0.05) is 12.1 Å². The van der Waals surface area contributed by atoms with Crippen molar-refractivity contribution in [3.05, 3.63) is 42.2 Å². The minimum Gasteiger partial charge on any atom is -0.516 e. The summed E-state index contributed by atoms with van der Waals surface area (Å²) in [5.74, 6) is -0.501. The highest BCUT2D eigenvalue weighted by atomic mass is 16.2. The van der Waals surface area contributed by atoms with Crippen LogP contribution < -0.4 is 5.32 Å². The van der Waals surface area contributed by atoms with Gasteiger partial charge in [0.05, 0.1) is 18.4 Å². The molecule has 1 aromatic rings. The molecule has 1 heterocycles. The van der Waals surface area contributed by atoms with Crippen LogP contribution in [-0.4, -0.2) is 29.1 Å². The van der Waals surface area contributed by atoms with E-state index in [1.54, 1.807) is 24.3 Å². The van der Waals surface area contributed by atoms with Gasteiger partial charge < -0.3 is 10.4 Å². The van der Waals surface area contributed by atoms with E-state index in [9.17, 15) is 9.59 Å². The summed E-state index contributed by atoms with van der Waals surface area (Å²) in [5, 5.41) is 11.0. The van der Waals surface area contributed by atoms with E-state index in [1.165, 1.54) is 6.08 Å². The molecule has 2 rings (SSSR count). The molecule has 0 aromatic heterocycles. The van der Waals surface area contributed by atoms with E-state index >= 15 is 0 Å². The molecular formula is C13H12N2O3. The maximum absolute atomic E-state index is 11.8. The zero-order valence-corrected chi connectivity index (χ0v) is 9.59. The molecule has 1 aliphatic rings. The predicted octanol–water partition coefficient (Wildman–Crippen LogP) is 1.53. The van der Waals surface area contributed by atoms with E-state index < -0.39 is 5.91 Å². The molecule has 92 valence electrons. The number of carbonyl (C=O) groups is 2. The maximum Gasteiger partial charge on any atom is 0.266 e. The minimum absolute atomic E-state index is 0.00564. The third-order valence-electron chi connectivity index (χ3n) is 2.54. The van der Waals surface area contributed by atoms with Crippen LogP contribution in [0.3, 0.4) is 0 Å². The van der Waals surface area contributed by atoms with Crippen molar-refractivity contribution >= 4 is 23.1 Å². The molecule has 0 aliphatic carbocycles. The SMILES string of the molecule is O=C(NCC=CO)C1=Nc2ccccc2C(=O)C1. The predicted molar refractivity (Wildman–Crippen MR) is 67.3 cm³/mol. The number of aliphatic hydroxyl groups is 1. The Morgan fingerprint density at radius 1 is 1.44 bits per heavy atom. The van der Waals surface area contributed by atoms with Crippen LogP contribution in [0.15, 0.2) is 41.6 Å². The van der Waals surface area contributed by atoms with Gasteiger partial charge in [-0.25, -0.2) is 4.99 Å². The van der Waals surface area contributed by atoms with Crippen molar-refractivity contribution < 1.29 is 14.7 Å². The first-order valence-corrected chi connectivity index (χ1v) is 5.49. The Morgan fingerprint density at radius 2 is 2.22 bits per heavy atom. The molecule has 1 amide bonds. The largest absolute Gasteiger partial charge is 0.516 e. The summed E-state index contributed by atoms with van der Waals surface area (Å²) in [6.07, 6.45) is 2.24. The van der Waals surface area contributed by atoms with Crippen LogP contribution in [0.2, 0.25) is 0 Å². The first-order valence-electron chi connectivity index (χ1n) is 5.49. The van der Waals surface area contributed by atoms with E-state index in [2.05, 4.69) is 10.3 Å². The molecule has 2 N–H and O–H groups in total. The second-order valence-electron chi connectivity index (χ2n) is 3.77. The number of carbonyl (C=O) groups excluding carboxylic acids is 2. The van der Waals surface area contributed by atoms with Crippen molar-refractivity contribution in [1.29, 1.82) is 0 Å². The summed E-state index contributed by atoms with van der Waals surface area (Å²) in [6.45, 7) is 0.199. The zero-order chi connectivity index (χ0) is 13.0. The fourth-order valence-corrected chi connectivity index (χ4v) is 1.68. The van der Waals surface area contributed by atoms with Gasteiger partial charge >= 0.3 is 0 Å². The first-order chi connectivity index (χ1) is 8.72. The number of fused-ring (bicyclic) bond motifs is 1. The average Bonchev–Trinajstić information content (AvgIpc) is 2.39. The number of amides is 1. The van der Waals surface area contributed by atoms with Gasteiger partial charge in [-0.05, 0) is 18.2 Å². The molecule has 5 nitrogen and oxygen atoms in total. The molecule has 0 atom stereocenters. The third kappa shape index (κ3) is 2.45. The number of rotatable bonds is 3. The highest BCUT2D eigenvalue weighted by molar-refractivity contribution is 6.44. The molecule has 0 unspecified atom stereocenters. The maximum atomic E-state index is 11.8. The van der Waals surface area contributed by atoms with Gasteiger partial charge in [-0.15, -0.1) is 0 Å². The fraction of sp³-hybridized carbons (Fsp3) is 0.154. The molecule has 5 heteroatoms. The van der Waals surface area contributed by atoms with Crippen molar-refractivity contribution in [1.82, 2.24) is 5.32 Å². The van der Waals surface area contributed by atoms with Crippen molar-refractivity contribution in [3.63, 3.8) is 0 Å². The topological polar surface area (TPSA) is 78.8 Å². The Bertz CT molecular complexity index is 547. The van der Waals surface area contributed by atoms with Gasteiger partial charge in [0, 0.05) is 12.1 Å². The van der Waals surface area contributed by atoms with E-state index in [0.717, 1.165) is 6.26 Å². The summed E-state index contributed by atoms with van der Waals surface area (Å²) in [4.78, 5) is 27.7. The van der Waals surface area contributed by atoms with Crippen LogP contribution in [-0.2, 0) is 4.79 Å². The second kappa shape index (κ2) is 5.27. The Hall–Kier alpha value is -2.43. The second-order valence-corrected chi connectivity index (χ2v) is 3.77. The van der Waals surface area contributed by atoms with Gasteiger partial charge in [-0.2, -0.15) is 0 Å². The third-order valence-corrected chi connectivity index (χ3v) is 2.54. The van der Waals surface area contributed by atoms with Gasteiger partial charge in [0.2, 0.25) is 0 Å². The van der Waals surface area contributed by atoms with Gasteiger partial charge in [-0.3, -0.25) is 9.59 Å². The number of hydrogen-bond acceptors (Lipinski definition) is 4. The normalized spacial score (nSPS) is 14.2. The average molecular weight is 244 g/mol. The lowest BCUT2D eigenvalue weighted by molar-refractivity contribution is -0.114. The molecule has 0 fully saturated rings. The molecule has 0 saturated carbocycles. The monoisotopic (exact) mass is 244 g/mol. The highest BCUT2D eigenvalue weighted by Crippen LogP contribution is 2.25. The summed E-state index contributed by atoms with van der Waals surface area (Å²) < 4.78 is 0. The quantitative estimate of drug-likeness (QED) is 0.791. The standard InChI is InChI=1S/C13H12N2O3/c16-7-3-6-14-13(18)11-8-12(17)9-4-1-2-5-10(9)15-11/h1-5,7,16H,6,8H2,(H,14,18). The minimum atomic E-state index is -0.393. The van der Waals surface area contributed by atoms with Crippen LogP contribution in [0.5, 0.6) is 0 Å². The summed E-state index contributed by atoms with van der Waals surface area (Å²) in [7, 11) is 0. The Morgan fingerprint density at radius 3 is 3.00 bits per heavy atom. The number of ketones is 1. The molecule has 0 spiro atoms. The van der Waals surface area contributed by atoms with E-state index in [-0.39, 0.29) is 24.5 Å². The molecule has 0 bridgehead atoms. The van der Waals surface area contributed by atoms with Crippen LogP contribution >= 0.6 is 0 Å². The summed E-state index contributed by atoms with van der Waals surface area (Å²) >= 11 is 0. The molecular weight excluding hydrogens is 232 g/mol. The molecule has 1 aliphatic heterocycles. The summed E-state index contributed by atoms with van der Waals surface area (Å²) in [6, 6.07) is 6.94. The number of benzene rings is 1. The van der Waals surface area contributed by atoms with E-state index in [0.29, 0.717) is 11.3 Å². The molecule has 0 radical (unpaired) electrons. The smallest absolute Gasteiger partial charge is 0.266 e. The lowest BCUT2D eigenvalue weighted by atomic mass is 10.00. The Balaban J connectivity index is 2.19. The zero-order valence-electron chi connectivity index (χ0n) is 9.59. The lowest BCUT2D eigenvalue weighted by Gasteiger charge is -2.13. The van der Waals surface area contributed by atoms with Crippen LogP contribution in [0.4, 0.5) is 5.69 Å². The molecule has 18 heavy (non-hydrogen) atoms. The number of hydrogen-bond donors (Lipinski definition) is 2. The van der Waals surface area contributed by atoms with Crippen molar-refractivity contribution in [2.24, 2.45) is 4.99 Å². The lowest BCUT2D eigenvalue weighted by Crippen LogP contribution is -2.33. The van der Waals surface area contributed by atoms with Gasteiger partial charge in [0.15, 0.2) is 5.78 Å². The summed E-state index contributed by atoms with van der Waals surface area (Å²) in [5.41, 5.74) is 1.27. The molecule has 0 saturated heterocycles. The van der Waals surface area contributed by atoms with Crippen LogP contribution in [0, 0.1) is 0 Å². The molecule has 1 aromatic carbocycles. The highest BCUT2D eigenvalue weighted by Gasteiger charge is 2.23. The van der Waals surface area contributed by atoms with E-state index in [4.69, 9.17) is 5.11 Å². The van der Waals surface area contributed by atoms with Crippen molar-refractivity contribution in [3.8, 4) is 0 Å². The number of nitrogens with one attached hydrogen (secondary N) is 1. The number of nitrogens with zero attached hydrogens (tertiary/aromatic N) is 1. The number of para-hydroxylation sites is 1. The van der Waals surface area contributed by atoms with E-state index in [1.807, 2.05) is 0 Å². The van der Waals surface area contributed by atoms with Crippen LogP contribution in [0.1, 0.15) is 16.8 Å². The van der Waals surface area contributed by atoms with Crippen molar-refractivity contribution in [2.45, 2.75) is 6.42 Å². The Labute approximate surface area is 104 Å². The fourth-order valence-electron chi connectivity index (χ4n) is 1.68. The van der Waals surface area contributed by atoms with Gasteiger partial charge in [0.25, 0.3) is 5.91 Å². The van der Waals surface area contributed by atoms with Gasteiger partial charge in [0.1, 0.15) is 5.71 Å². The number of aliphatic imine (C=N–C) groups is 1. The Kier molecular flexibility index (Phi) is 3.52. The van der Waals surface area contributed by atoms with Crippen molar-refractivity contribution in [2.75, 3.05) is 6.54 Å². The number of Topliss-reactive ketones (excluding diaryl/α,β-unsaturated/α-hetero) is 1. The first kappa shape index (κ1) is 12.0. The van der Waals surface area contributed by atoms with Crippen LogP contribution in [0.25, 0.3) is 0 Å².